The van der Waals surface area contributed by atoms with E-state index in [0.717, 1.165) is 49.9 Å². The van der Waals surface area contributed by atoms with Crippen LogP contribution in [0.1, 0.15) is 29.8 Å². The first-order valence-corrected chi connectivity index (χ1v) is 10.4. The van der Waals surface area contributed by atoms with Crippen molar-refractivity contribution in [2.75, 3.05) is 31.6 Å². The number of fused-ring (bicyclic) bond motifs is 1. The largest absolute Gasteiger partial charge is 0.373 e. The molecule has 1 atom stereocenters. The van der Waals surface area contributed by atoms with Crippen molar-refractivity contribution in [3.05, 3.63) is 66.4 Å². The number of anilines is 1. The fourth-order valence-electron chi connectivity index (χ4n) is 4.77. The van der Waals surface area contributed by atoms with E-state index < -0.39 is 0 Å². The van der Waals surface area contributed by atoms with E-state index in [-0.39, 0.29) is 11.5 Å². The Bertz CT molecular complexity index is 972. The normalized spacial score (nSPS) is 21.0. The molecule has 0 aliphatic carbocycles. The van der Waals surface area contributed by atoms with Gasteiger partial charge in [0.15, 0.2) is 0 Å². The van der Waals surface area contributed by atoms with Crippen LogP contribution in [0.2, 0.25) is 0 Å². The monoisotopic (exact) mass is 389 g/mol. The molecule has 5 nitrogen and oxygen atoms in total. The Labute approximate surface area is 171 Å². The van der Waals surface area contributed by atoms with E-state index in [2.05, 4.69) is 41.2 Å². The first-order valence-electron chi connectivity index (χ1n) is 10.4. The Balaban J connectivity index is 1.23. The SMILES string of the molecule is CN(c1ccccc1)C1COC2(CCN(C(=O)c3cc4ccccc4[nH]3)CC2)C1. The number of likely N-dealkylation sites (tertiary alicyclic amines) is 1. The van der Waals surface area contributed by atoms with Crippen LogP contribution in [0, 0.1) is 0 Å². The standard InChI is InChI=1S/C24H27N3O2/c1-26(19-8-3-2-4-9-19)20-16-24(29-17-20)11-13-27(14-12-24)23(28)22-15-18-7-5-6-10-21(18)25-22/h2-10,15,20,25H,11-14,16-17H2,1H3. The molecular weight excluding hydrogens is 362 g/mol. The quantitative estimate of drug-likeness (QED) is 0.735. The molecule has 29 heavy (non-hydrogen) atoms. The molecule has 2 aliphatic heterocycles. The van der Waals surface area contributed by atoms with Gasteiger partial charge in [0.2, 0.25) is 0 Å². The topological polar surface area (TPSA) is 48.6 Å². The number of amides is 1. The molecule has 1 amide bonds. The molecule has 5 heteroatoms. The van der Waals surface area contributed by atoms with Crippen LogP contribution in [-0.4, -0.2) is 54.2 Å². The molecule has 1 aromatic heterocycles. The molecule has 0 bridgehead atoms. The third-order valence-corrected chi connectivity index (χ3v) is 6.62. The molecule has 2 aromatic carbocycles. The van der Waals surface area contributed by atoms with Crippen LogP contribution in [0.4, 0.5) is 5.69 Å². The third kappa shape index (κ3) is 3.40. The van der Waals surface area contributed by atoms with Crippen molar-refractivity contribution in [3.8, 4) is 0 Å². The van der Waals surface area contributed by atoms with Gasteiger partial charge in [-0.05, 0) is 43.5 Å². The molecule has 2 fully saturated rings. The number of aromatic amines is 1. The number of nitrogens with zero attached hydrogens (tertiary/aromatic N) is 2. The van der Waals surface area contributed by atoms with E-state index in [0.29, 0.717) is 11.7 Å². The van der Waals surface area contributed by atoms with Crippen LogP contribution >= 0.6 is 0 Å². The lowest BCUT2D eigenvalue weighted by atomic mass is 9.87. The van der Waals surface area contributed by atoms with Gasteiger partial charge < -0.3 is 19.5 Å². The van der Waals surface area contributed by atoms with Gasteiger partial charge in [-0.3, -0.25) is 4.79 Å². The predicted molar refractivity (Wildman–Crippen MR) is 115 cm³/mol. The second-order valence-electron chi connectivity index (χ2n) is 8.36. The van der Waals surface area contributed by atoms with Gasteiger partial charge in [-0.2, -0.15) is 0 Å². The van der Waals surface area contributed by atoms with Crippen molar-refractivity contribution in [2.24, 2.45) is 0 Å². The molecule has 0 saturated carbocycles. The number of ether oxygens (including phenoxy) is 1. The van der Waals surface area contributed by atoms with Gasteiger partial charge in [-0.1, -0.05) is 36.4 Å². The number of hydrogen-bond donors (Lipinski definition) is 1. The highest BCUT2D eigenvalue weighted by Crippen LogP contribution is 2.38. The first kappa shape index (κ1) is 18.3. The van der Waals surface area contributed by atoms with Gasteiger partial charge in [0.25, 0.3) is 5.91 Å². The zero-order chi connectivity index (χ0) is 19.8. The molecule has 0 radical (unpaired) electrons. The Kier molecular flexibility index (Phi) is 4.55. The second kappa shape index (κ2) is 7.23. The minimum Gasteiger partial charge on any atom is -0.373 e. The van der Waals surface area contributed by atoms with E-state index in [1.54, 1.807) is 0 Å². The summed E-state index contributed by atoms with van der Waals surface area (Å²) in [5.74, 6) is 0.0898. The second-order valence-corrected chi connectivity index (χ2v) is 8.36. The minimum atomic E-state index is -0.0923. The van der Waals surface area contributed by atoms with Crippen molar-refractivity contribution in [3.63, 3.8) is 0 Å². The summed E-state index contributed by atoms with van der Waals surface area (Å²) in [6, 6.07) is 20.8. The molecule has 1 spiro atoms. The van der Waals surface area contributed by atoms with Gasteiger partial charge in [-0.25, -0.2) is 0 Å². The van der Waals surface area contributed by atoms with E-state index in [4.69, 9.17) is 4.74 Å². The summed E-state index contributed by atoms with van der Waals surface area (Å²) >= 11 is 0. The number of likely N-dealkylation sites (N-methyl/N-ethyl adjacent to an activating group) is 1. The van der Waals surface area contributed by atoms with Gasteiger partial charge in [0, 0.05) is 36.7 Å². The van der Waals surface area contributed by atoms with Gasteiger partial charge in [0.05, 0.1) is 18.2 Å². The van der Waals surface area contributed by atoms with Crippen molar-refractivity contribution in [1.82, 2.24) is 9.88 Å². The number of nitrogens with one attached hydrogen (secondary N) is 1. The van der Waals surface area contributed by atoms with Crippen LogP contribution in [0.25, 0.3) is 10.9 Å². The summed E-state index contributed by atoms with van der Waals surface area (Å²) in [5, 5.41) is 1.08. The lowest BCUT2D eigenvalue weighted by Gasteiger charge is -2.39. The van der Waals surface area contributed by atoms with E-state index in [1.165, 1.54) is 5.69 Å². The molecule has 3 heterocycles. The summed E-state index contributed by atoms with van der Waals surface area (Å²) in [6.07, 6.45) is 2.82. The number of benzene rings is 2. The van der Waals surface area contributed by atoms with Crippen LogP contribution in [0.5, 0.6) is 0 Å². The van der Waals surface area contributed by atoms with Crippen LogP contribution in [0.3, 0.4) is 0 Å². The summed E-state index contributed by atoms with van der Waals surface area (Å²) in [4.78, 5) is 20.5. The summed E-state index contributed by atoms with van der Waals surface area (Å²) in [7, 11) is 2.15. The molecule has 1 N–H and O–H groups in total. The van der Waals surface area contributed by atoms with Crippen molar-refractivity contribution < 1.29 is 9.53 Å². The van der Waals surface area contributed by atoms with Crippen LogP contribution in [0.15, 0.2) is 60.7 Å². The molecule has 150 valence electrons. The van der Waals surface area contributed by atoms with Gasteiger partial charge in [-0.15, -0.1) is 0 Å². The molecule has 2 aliphatic rings. The molecular formula is C24H27N3O2. The van der Waals surface area contributed by atoms with E-state index in [1.807, 2.05) is 41.3 Å². The Hall–Kier alpha value is -2.79. The highest BCUT2D eigenvalue weighted by molar-refractivity contribution is 5.98. The summed E-state index contributed by atoms with van der Waals surface area (Å²) in [6.45, 7) is 2.24. The maximum Gasteiger partial charge on any atom is 0.270 e. The number of piperidine rings is 1. The summed E-state index contributed by atoms with van der Waals surface area (Å²) in [5.41, 5.74) is 2.82. The number of H-pyrrole nitrogens is 1. The lowest BCUT2D eigenvalue weighted by molar-refractivity contribution is -0.0389. The highest BCUT2D eigenvalue weighted by Gasteiger charge is 2.44. The maximum atomic E-state index is 13.0. The number of para-hydroxylation sites is 2. The maximum absolute atomic E-state index is 13.0. The third-order valence-electron chi connectivity index (χ3n) is 6.62. The predicted octanol–water partition coefficient (Wildman–Crippen LogP) is 4.07. The molecule has 2 saturated heterocycles. The Morgan fingerprint density at radius 2 is 1.83 bits per heavy atom. The number of carbonyl (C=O) groups is 1. The molecule has 3 aromatic rings. The Morgan fingerprint density at radius 1 is 1.10 bits per heavy atom. The molecule has 5 rings (SSSR count). The number of carbonyl (C=O) groups excluding carboxylic acids is 1. The Morgan fingerprint density at radius 3 is 2.59 bits per heavy atom. The average molecular weight is 389 g/mol. The van der Waals surface area contributed by atoms with E-state index >= 15 is 0 Å². The average Bonchev–Trinajstić information content (AvgIpc) is 3.39. The zero-order valence-corrected chi connectivity index (χ0v) is 16.8. The van der Waals surface area contributed by atoms with Crippen molar-refractivity contribution in [1.29, 1.82) is 0 Å². The fourth-order valence-corrected chi connectivity index (χ4v) is 4.77. The van der Waals surface area contributed by atoms with Crippen molar-refractivity contribution >= 4 is 22.5 Å². The highest BCUT2D eigenvalue weighted by atomic mass is 16.5. The summed E-state index contributed by atoms with van der Waals surface area (Å²) < 4.78 is 6.33. The zero-order valence-electron chi connectivity index (χ0n) is 16.8. The lowest BCUT2D eigenvalue weighted by Crippen LogP contribution is -2.47. The van der Waals surface area contributed by atoms with E-state index in [9.17, 15) is 4.79 Å². The number of aromatic nitrogens is 1. The van der Waals surface area contributed by atoms with Gasteiger partial charge >= 0.3 is 0 Å². The number of hydrogen-bond acceptors (Lipinski definition) is 3. The smallest absolute Gasteiger partial charge is 0.270 e. The van der Waals surface area contributed by atoms with Gasteiger partial charge in [0.1, 0.15) is 5.69 Å². The first-order chi connectivity index (χ1) is 14.1. The minimum absolute atomic E-state index is 0.0898. The number of rotatable bonds is 3. The van der Waals surface area contributed by atoms with Crippen molar-refractivity contribution in [2.45, 2.75) is 30.9 Å². The van der Waals surface area contributed by atoms with Crippen LogP contribution < -0.4 is 4.90 Å². The fraction of sp³-hybridized carbons (Fsp3) is 0.375. The molecule has 1 unspecified atom stereocenters. The van der Waals surface area contributed by atoms with Crippen LogP contribution in [-0.2, 0) is 4.74 Å².